The maximum absolute atomic E-state index is 13.8. The van der Waals surface area contributed by atoms with E-state index in [0.717, 1.165) is 42.1 Å². The zero-order valence-electron chi connectivity index (χ0n) is 24.7. The number of aromatic nitrogens is 4. The minimum absolute atomic E-state index is 0.122. The van der Waals surface area contributed by atoms with Crippen molar-refractivity contribution in [1.29, 1.82) is 0 Å². The summed E-state index contributed by atoms with van der Waals surface area (Å²) >= 11 is 0. The summed E-state index contributed by atoms with van der Waals surface area (Å²) < 4.78 is 12.7. The molecule has 4 aromatic rings. The largest absolute Gasteiger partial charge is 0.443 e. The molecule has 0 spiro atoms. The highest BCUT2D eigenvalue weighted by atomic mass is 16.7. The van der Waals surface area contributed by atoms with Gasteiger partial charge in [-0.15, -0.1) is 5.06 Å². The van der Waals surface area contributed by atoms with Gasteiger partial charge in [0.05, 0.1) is 0 Å². The number of hydrogen-bond donors (Lipinski definition) is 2. The number of rotatable bonds is 10. The van der Waals surface area contributed by atoms with Crippen LogP contribution in [0.2, 0.25) is 0 Å². The van der Waals surface area contributed by atoms with Crippen molar-refractivity contribution >= 4 is 22.8 Å². The number of aryl methyl sites for hydroxylation is 2. The van der Waals surface area contributed by atoms with E-state index in [1.807, 2.05) is 55.9 Å². The first-order chi connectivity index (χ1) is 20.1. The van der Waals surface area contributed by atoms with Gasteiger partial charge in [0.15, 0.2) is 5.69 Å². The molecule has 0 radical (unpaired) electrons. The molecule has 1 saturated carbocycles. The molecule has 1 fully saturated rings. The molecule has 42 heavy (non-hydrogen) atoms. The smallest absolute Gasteiger partial charge is 0.439 e. The van der Waals surface area contributed by atoms with E-state index in [1.165, 1.54) is 6.42 Å². The molecule has 12 nitrogen and oxygen atoms in total. The Morgan fingerprint density at radius 1 is 1.21 bits per heavy atom. The van der Waals surface area contributed by atoms with Crippen molar-refractivity contribution in [3.63, 3.8) is 0 Å². The third-order valence-corrected chi connectivity index (χ3v) is 8.02. The summed E-state index contributed by atoms with van der Waals surface area (Å²) in [7, 11) is 3.72. The molecule has 12 heteroatoms. The lowest BCUT2D eigenvalue weighted by atomic mass is 9.94. The molecular weight excluding hydrogens is 540 g/mol. The van der Waals surface area contributed by atoms with Crippen LogP contribution in [0.5, 0.6) is 0 Å². The van der Waals surface area contributed by atoms with Gasteiger partial charge in [0, 0.05) is 43.7 Å². The van der Waals surface area contributed by atoms with E-state index in [9.17, 15) is 14.4 Å². The lowest BCUT2D eigenvalue weighted by Crippen LogP contribution is -2.44. The third-order valence-electron chi connectivity index (χ3n) is 8.02. The van der Waals surface area contributed by atoms with E-state index in [0.29, 0.717) is 17.9 Å². The second-order valence-corrected chi connectivity index (χ2v) is 11.4. The monoisotopic (exact) mass is 578 g/mol. The normalized spacial score (nSPS) is 15.8. The number of carbonyl (C=O) groups is 2. The predicted molar refractivity (Wildman–Crippen MR) is 154 cm³/mol. The number of H-pyrrole nitrogens is 1. The molecule has 3 heterocycles. The number of para-hydroxylation sites is 1. The van der Waals surface area contributed by atoms with Gasteiger partial charge in [-0.2, -0.15) is 0 Å². The Morgan fingerprint density at radius 3 is 2.64 bits per heavy atom. The minimum Gasteiger partial charge on any atom is -0.443 e. The molecule has 5 rings (SSSR count). The van der Waals surface area contributed by atoms with E-state index in [-0.39, 0.29) is 23.7 Å². The number of hydrogen-bond acceptors (Lipinski definition) is 9. The van der Waals surface area contributed by atoms with Crippen LogP contribution in [0, 0.1) is 18.8 Å². The lowest BCUT2D eigenvalue weighted by molar-refractivity contribution is -0.203. The number of nitrogens with one attached hydrogen (secondary N) is 2. The van der Waals surface area contributed by atoms with E-state index in [4.69, 9.17) is 9.25 Å². The average molecular weight is 579 g/mol. The van der Waals surface area contributed by atoms with E-state index in [2.05, 4.69) is 25.0 Å². The highest BCUT2D eigenvalue weighted by molar-refractivity contribution is 5.98. The van der Waals surface area contributed by atoms with Crippen LogP contribution in [-0.4, -0.2) is 49.7 Å². The Balaban J connectivity index is 1.43. The fourth-order valence-corrected chi connectivity index (χ4v) is 5.79. The third kappa shape index (κ3) is 6.18. The molecule has 0 saturated heterocycles. The van der Waals surface area contributed by atoms with Gasteiger partial charge in [0.1, 0.15) is 17.7 Å². The maximum Gasteiger partial charge on any atom is 0.439 e. The second-order valence-electron chi connectivity index (χ2n) is 11.4. The van der Waals surface area contributed by atoms with E-state index >= 15 is 0 Å². The van der Waals surface area contributed by atoms with Crippen LogP contribution in [0.4, 0.5) is 0 Å². The zero-order chi connectivity index (χ0) is 30.0. The Bertz CT molecular complexity index is 1610. The standard InChI is InChI=1S/C30H38N6O6/c1-17(2)24(29(38)42-36(5)20-11-7-6-8-12-20)27(37)31-22(15-19-16-35(4)23-14-10-9-13-21(19)23)28-32-25(18(3)40-28)26-33-30(39)41-34-26/h9-10,13-14,16-17,20,22,24H,6-8,11-12,15H2,1-5H3,(H,31,37)(H,33,34,39)/t22-,24+/m1/s1. The fraction of sp³-hybridized carbons (Fsp3) is 0.500. The summed E-state index contributed by atoms with van der Waals surface area (Å²) in [6.07, 6.45) is 7.62. The van der Waals surface area contributed by atoms with Crippen LogP contribution < -0.4 is 11.1 Å². The van der Waals surface area contributed by atoms with Gasteiger partial charge < -0.3 is 19.1 Å². The summed E-state index contributed by atoms with van der Waals surface area (Å²) in [5.41, 5.74) is 2.30. The van der Waals surface area contributed by atoms with Crippen molar-refractivity contribution in [2.75, 3.05) is 7.05 Å². The van der Waals surface area contributed by atoms with Gasteiger partial charge in [0.25, 0.3) is 0 Å². The molecule has 1 aliphatic carbocycles. The van der Waals surface area contributed by atoms with E-state index < -0.39 is 29.6 Å². The Hall–Kier alpha value is -4.19. The van der Waals surface area contributed by atoms with Crippen molar-refractivity contribution < 1.29 is 23.4 Å². The number of carbonyl (C=O) groups excluding carboxylic acids is 2. The zero-order valence-corrected chi connectivity index (χ0v) is 24.7. The van der Waals surface area contributed by atoms with E-state index in [1.54, 1.807) is 19.0 Å². The van der Waals surface area contributed by atoms with Crippen LogP contribution in [0.15, 0.2) is 44.2 Å². The van der Waals surface area contributed by atoms with Crippen molar-refractivity contribution in [3.05, 3.63) is 58.2 Å². The number of aromatic amines is 1. The molecule has 1 amide bonds. The molecule has 3 aromatic heterocycles. The molecule has 1 aromatic carbocycles. The number of fused-ring (bicyclic) bond motifs is 1. The second kappa shape index (κ2) is 12.4. The average Bonchev–Trinajstić information content (AvgIpc) is 3.65. The van der Waals surface area contributed by atoms with Gasteiger partial charge in [-0.25, -0.2) is 14.6 Å². The number of amides is 1. The molecule has 0 aliphatic heterocycles. The summed E-state index contributed by atoms with van der Waals surface area (Å²) in [5.74, 6) is -2.44. The van der Waals surface area contributed by atoms with Crippen LogP contribution in [0.3, 0.4) is 0 Å². The maximum atomic E-state index is 13.8. The summed E-state index contributed by atoms with van der Waals surface area (Å²) in [4.78, 5) is 51.5. The number of hydroxylamine groups is 2. The first kappa shape index (κ1) is 29.3. The Kier molecular flexibility index (Phi) is 8.62. The minimum atomic E-state index is -1.05. The molecule has 1 aliphatic rings. The van der Waals surface area contributed by atoms with Crippen LogP contribution >= 0.6 is 0 Å². The molecule has 0 bridgehead atoms. The summed E-state index contributed by atoms with van der Waals surface area (Å²) in [5, 5.41) is 9.39. The highest BCUT2D eigenvalue weighted by Gasteiger charge is 2.36. The van der Waals surface area contributed by atoms with Crippen molar-refractivity contribution in [2.24, 2.45) is 18.9 Å². The highest BCUT2D eigenvalue weighted by Crippen LogP contribution is 2.30. The lowest BCUT2D eigenvalue weighted by Gasteiger charge is -2.31. The van der Waals surface area contributed by atoms with Crippen LogP contribution in [0.1, 0.15) is 69.2 Å². The van der Waals surface area contributed by atoms with Gasteiger partial charge >= 0.3 is 11.7 Å². The molecule has 2 atom stereocenters. The fourth-order valence-electron chi connectivity index (χ4n) is 5.79. The van der Waals surface area contributed by atoms with Gasteiger partial charge in [-0.1, -0.05) is 56.5 Å². The van der Waals surface area contributed by atoms with Gasteiger partial charge in [-0.3, -0.25) is 14.3 Å². The Morgan fingerprint density at radius 2 is 1.95 bits per heavy atom. The van der Waals surface area contributed by atoms with Crippen LogP contribution in [0.25, 0.3) is 22.4 Å². The topological polar surface area (TPSA) is 148 Å². The number of oxazole rings is 1. The first-order valence-electron chi connectivity index (χ1n) is 14.4. The summed E-state index contributed by atoms with van der Waals surface area (Å²) in [6, 6.07) is 7.38. The molecule has 224 valence electrons. The Labute approximate surface area is 243 Å². The molecular formula is C30H38N6O6. The SMILES string of the molecule is Cc1oc([C@@H](Cc2cn(C)c3ccccc23)NC(=O)[C@@H](C(=O)ON(C)C2CCCCC2)C(C)C)nc1-c1noc(=O)[nH]1. The molecule has 2 N–H and O–H groups in total. The predicted octanol–water partition coefficient (Wildman–Crippen LogP) is 4.21. The van der Waals surface area contributed by atoms with Crippen LogP contribution in [-0.2, 0) is 27.9 Å². The first-order valence-corrected chi connectivity index (χ1v) is 14.4. The van der Waals surface area contributed by atoms with Crippen molar-refractivity contribution in [1.82, 2.24) is 30.1 Å². The number of benzene rings is 1. The quantitative estimate of drug-likeness (QED) is 0.208. The number of nitrogens with zero attached hydrogens (tertiary/aromatic N) is 4. The summed E-state index contributed by atoms with van der Waals surface area (Å²) in [6.45, 7) is 5.32. The van der Waals surface area contributed by atoms with Gasteiger partial charge in [0.2, 0.25) is 17.6 Å². The molecule has 0 unspecified atom stereocenters. The van der Waals surface area contributed by atoms with Crippen molar-refractivity contribution in [2.45, 2.75) is 71.4 Å². The van der Waals surface area contributed by atoms with Crippen molar-refractivity contribution in [3.8, 4) is 11.5 Å². The van der Waals surface area contributed by atoms with Gasteiger partial charge in [-0.05, 0) is 37.3 Å².